The molecule has 2 aromatic heterocycles. The van der Waals surface area contributed by atoms with E-state index in [1.807, 2.05) is 26.1 Å². The first-order chi connectivity index (χ1) is 8.09. The molecule has 0 fully saturated rings. The smallest absolute Gasteiger partial charge is 0.131 e. The van der Waals surface area contributed by atoms with Gasteiger partial charge in [-0.05, 0) is 12.0 Å². The van der Waals surface area contributed by atoms with Crippen LogP contribution in [0, 0.1) is 0 Å². The van der Waals surface area contributed by atoms with Crippen molar-refractivity contribution in [3.8, 4) is 0 Å². The molecule has 3 heteroatoms. The van der Waals surface area contributed by atoms with E-state index in [4.69, 9.17) is 0 Å². The molecule has 94 valence electrons. The highest BCUT2D eigenvalue weighted by molar-refractivity contribution is 5.77. The van der Waals surface area contributed by atoms with Gasteiger partial charge in [0.05, 0.1) is 16.7 Å². The highest BCUT2D eigenvalue weighted by Crippen LogP contribution is 2.23. The van der Waals surface area contributed by atoms with E-state index in [1.165, 1.54) is 0 Å². The monoisotopic (exact) mass is 233 g/mol. The average molecular weight is 233 g/mol. The zero-order valence-corrected chi connectivity index (χ0v) is 11.7. The Hall–Kier alpha value is -1.38. The second kappa shape index (κ2) is 5.80. The average Bonchev–Trinajstić information content (AvgIpc) is 2.77. The number of hydrogen-bond donors (Lipinski definition) is 1. The third-order valence-electron chi connectivity index (χ3n) is 2.51. The maximum absolute atomic E-state index is 4.63. The number of fused-ring (bicyclic) bond motifs is 1. The maximum Gasteiger partial charge on any atom is 0.131 e. The van der Waals surface area contributed by atoms with E-state index in [9.17, 15) is 0 Å². The first kappa shape index (κ1) is 13.7. The number of hydrogen-bond acceptors (Lipinski definition) is 2. The summed E-state index contributed by atoms with van der Waals surface area (Å²) in [4.78, 5) is 12.4. The molecule has 0 unspecified atom stereocenters. The Bertz CT molecular complexity index is 469. The molecule has 2 rings (SSSR count). The van der Waals surface area contributed by atoms with Crippen molar-refractivity contribution < 1.29 is 0 Å². The molecule has 0 spiro atoms. The first-order valence-corrected chi connectivity index (χ1v) is 6.44. The van der Waals surface area contributed by atoms with Crippen LogP contribution in [0.5, 0.6) is 0 Å². The van der Waals surface area contributed by atoms with Crippen LogP contribution in [-0.4, -0.2) is 15.0 Å². The van der Waals surface area contributed by atoms with Crippen LogP contribution < -0.4 is 0 Å². The summed E-state index contributed by atoms with van der Waals surface area (Å²) >= 11 is 0. The van der Waals surface area contributed by atoms with Crippen LogP contribution in [0.1, 0.15) is 64.9 Å². The van der Waals surface area contributed by atoms with Crippen LogP contribution in [0.15, 0.2) is 12.3 Å². The number of aromatic amines is 1. The van der Waals surface area contributed by atoms with Gasteiger partial charge in [-0.2, -0.15) is 0 Å². The van der Waals surface area contributed by atoms with E-state index < -0.39 is 0 Å². The Labute approximate surface area is 104 Å². The minimum atomic E-state index is 0.377. The van der Waals surface area contributed by atoms with E-state index in [1.54, 1.807) is 0 Å². The fraction of sp³-hybridized carbons (Fsp3) is 0.571. The minimum absolute atomic E-state index is 0.377. The van der Waals surface area contributed by atoms with Crippen LogP contribution in [-0.2, 0) is 0 Å². The second-order valence-electron chi connectivity index (χ2n) is 4.51. The van der Waals surface area contributed by atoms with Crippen molar-refractivity contribution in [2.75, 3.05) is 0 Å². The van der Waals surface area contributed by atoms with Crippen molar-refractivity contribution >= 4 is 11.0 Å². The number of aromatic nitrogens is 3. The molecule has 2 heterocycles. The topological polar surface area (TPSA) is 41.6 Å². The third kappa shape index (κ3) is 2.84. The van der Waals surface area contributed by atoms with Gasteiger partial charge in [-0.3, -0.25) is 0 Å². The molecule has 1 N–H and O–H groups in total. The molecular formula is C14H23N3. The number of nitrogens with one attached hydrogen (secondary N) is 1. The quantitative estimate of drug-likeness (QED) is 0.843. The van der Waals surface area contributed by atoms with Crippen molar-refractivity contribution in [2.45, 2.75) is 53.4 Å². The number of nitrogens with zero attached hydrogens (tertiary/aromatic N) is 2. The summed E-state index contributed by atoms with van der Waals surface area (Å²) in [5, 5.41) is 0. The summed E-state index contributed by atoms with van der Waals surface area (Å²) in [6.45, 7) is 12.6. The summed E-state index contributed by atoms with van der Waals surface area (Å²) in [7, 11) is 0. The molecule has 0 aliphatic rings. The first-order valence-electron chi connectivity index (χ1n) is 6.44. The summed E-state index contributed by atoms with van der Waals surface area (Å²) in [6.07, 6.45) is 1.93. The molecule has 0 aliphatic heterocycles. The van der Waals surface area contributed by atoms with Gasteiger partial charge >= 0.3 is 0 Å². The fourth-order valence-electron chi connectivity index (χ4n) is 1.66. The summed E-state index contributed by atoms with van der Waals surface area (Å²) in [6, 6.07) is 2.01. The molecule has 0 saturated carbocycles. The molecule has 0 amide bonds. The minimum Gasteiger partial charge on any atom is -0.358 e. The van der Waals surface area contributed by atoms with Gasteiger partial charge in [0.1, 0.15) is 5.82 Å². The van der Waals surface area contributed by atoms with Crippen LogP contribution in [0.4, 0.5) is 0 Å². The van der Waals surface area contributed by atoms with Crippen LogP contribution in [0.25, 0.3) is 11.0 Å². The van der Waals surface area contributed by atoms with Crippen molar-refractivity contribution in [3.63, 3.8) is 0 Å². The molecule has 0 saturated heterocycles. The van der Waals surface area contributed by atoms with Gasteiger partial charge in [0, 0.05) is 12.1 Å². The zero-order chi connectivity index (χ0) is 13.0. The zero-order valence-electron chi connectivity index (χ0n) is 11.7. The van der Waals surface area contributed by atoms with Gasteiger partial charge in [-0.25, -0.2) is 9.97 Å². The van der Waals surface area contributed by atoms with Crippen molar-refractivity contribution in [1.82, 2.24) is 15.0 Å². The van der Waals surface area contributed by atoms with Crippen LogP contribution in [0.3, 0.4) is 0 Å². The van der Waals surface area contributed by atoms with Gasteiger partial charge in [0.15, 0.2) is 0 Å². The highest BCUT2D eigenvalue weighted by Gasteiger charge is 2.13. The van der Waals surface area contributed by atoms with Crippen LogP contribution in [0.2, 0.25) is 0 Å². The van der Waals surface area contributed by atoms with Gasteiger partial charge < -0.3 is 4.98 Å². The summed E-state index contributed by atoms with van der Waals surface area (Å²) in [5.74, 6) is 1.74. The lowest BCUT2D eigenvalue weighted by Crippen LogP contribution is -2.03. The molecule has 0 atom stereocenters. The Balaban J connectivity index is 0.000000686. The van der Waals surface area contributed by atoms with Crippen LogP contribution >= 0.6 is 0 Å². The molecule has 0 aromatic carbocycles. The summed E-state index contributed by atoms with van der Waals surface area (Å²) < 4.78 is 0. The molecule has 2 aromatic rings. The Morgan fingerprint density at radius 3 is 2.18 bits per heavy atom. The standard InChI is InChI=1S/C12H17N3.C2H6/c1-7(2)10-11-9(5-6-13-11)14-12(15-10)8(3)4;1-2/h5-8,13H,1-4H3;1-2H3. The molecule has 0 radical (unpaired) electrons. The van der Waals surface area contributed by atoms with Crippen molar-refractivity contribution in [3.05, 3.63) is 23.8 Å². The van der Waals surface area contributed by atoms with Gasteiger partial charge in [-0.15, -0.1) is 0 Å². The van der Waals surface area contributed by atoms with Crippen molar-refractivity contribution in [1.29, 1.82) is 0 Å². The Morgan fingerprint density at radius 1 is 1.00 bits per heavy atom. The maximum atomic E-state index is 4.63. The molecule has 0 aliphatic carbocycles. The Morgan fingerprint density at radius 2 is 1.65 bits per heavy atom. The lowest BCUT2D eigenvalue weighted by atomic mass is 10.1. The fourth-order valence-corrected chi connectivity index (χ4v) is 1.66. The second-order valence-corrected chi connectivity index (χ2v) is 4.51. The van der Waals surface area contributed by atoms with E-state index >= 15 is 0 Å². The van der Waals surface area contributed by atoms with E-state index in [-0.39, 0.29) is 0 Å². The highest BCUT2D eigenvalue weighted by atomic mass is 14.9. The lowest BCUT2D eigenvalue weighted by molar-refractivity contribution is 0.742. The number of rotatable bonds is 2. The van der Waals surface area contributed by atoms with E-state index in [2.05, 4.69) is 42.6 Å². The van der Waals surface area contributed by atoms with Gasteiger partial charge in [-0.1, -0.05) is 41.5 Å². The molecule has 0 bridgehead atoms. The molecular weight excluding hydrogens is 210 g/mol. The van der Waals surface area contributed by atoms with Crippen molar-refractivity contribution in [2.24, 2.45) is 0 Å². The predicted octanol–water partition coefficient (Wildman–Crippen LogP) is 4.23. The van der Waals surface area contributed by atoms with Gasteiger partial charge in [0.25, 0.3) is 0 Å². The van der Waals surface area contributed by atoms with Gasteiger partial charge in [0.2, 0.25) is 0 Å². The summed E-state index contributed by atoms with van der Waals surface area (Å²) in [5.41, 5.74) is 3.22. The number of H-pyrrole nitrogens is 1. The molecule has 17 heavy (non-hydrogen) atoms. The van der Waals surface area contributed by atoms with E-state index in [0.717, 1.165) is 22.6 Å². The predicted molar refractivity (Wildman–Crippen MR) is 73.4 cm³/mol. The lowest BCUT2D eigenvalue weighted by Gasteiger charge is -2.10. The van der Waals surface area contributed by atoms with E-state index in [0.29, 0.717) is 11.8 Å². The normalized spacial score (nSPS) is 10.8. The Kier molecular flexibility index (Phi) is 4.67. The SMILES string of the molecule is CC.CC(C)c1nc(C(C)C)c2[nH]ccc2n1. The largest absolute Gasteiger partial charge is 0.358 e. The molecule has 3 nitrogen and oxygen atoms in total. The third-order valence-corrected chi connectivity index (χ3v) is 2.51.